The minimum absolute atomic E-state index is 0.494. The molecule has 2 rings (SSSR count). The van der Waals surface area contributed by atoms with Gasteiger partial charge in [-0.2, -0.15) is 4.98 Å². The number of rotatable bonds is 4. The summed E-state index contributed by atoms with van der Waals surface area (Å²) in [6.07, 6.45) is 3.21. The molecule has 0 aromatic carbocycles. The molecule has 5 heteroatoms. The standard InChI is InChI=1S/C10H18N4O/c1-2-10-12-9(13-15-10)7-14-5-3-4-8(14)6-11/h8H,2-7,11H2,1H3. The molecule has 0 bridgehead atoms. The molecule has 0 amide bonds. The molecule has 0 spiro atoms. The van der Waals surface area contributed by atoms with Crippen molar-refractivity contribution in [3.05, 3.63) is 11.7 Å². The summed E-state index contributed by atoms with van der Waals surface area (Å²) >= 11 is 0. The van der Waals surface area contributed by atoms with Gasteiger partial charge in [-0.1, -0.05) is 12.1 Å². The van der Waals surface area contributed by atoms with E-state index >= 15 is 0 Å². The van der Waals surface area contributed by atoms with Crippen molar-refractivity contribution >= 4 is 0 Å². The molecule has 1 atom stereocenters. The molecule has 1 aliphatic rings. The molecule has 2 N–H and O–H groups in total. The number of aromatic nitrogens is 2. The van der Waals surface area contributed by atoms with Crippen LogP contribution in [0.2, 0.25) is 0 Å². The number of likely N-dealkylation sites (tertiary alicyclic amines) is 1. The van der Waals surface area contributed by atoms with Crippen LogP contribution in [0.3, 0.4) is 0 Å². The van der Waals surface area contributed by atoms with Crippen LogP contribution in [-0.4, -0.2) is 34.2 Å². The van der Waals surface area contributed by atoms with Crippen molar-refractivity contribution in [1.29, 1.82) is 0 Å². The summed E-state index contributed by atoms with van der Waals surface area (Å²) in [6.45, 7) is 4.59. The van der Waals surface area contributed by atoms with Crippen molar-refractivity contribution in [1.82, 2.24) is 15.0 Å². The lowest BCUT2D eigenvalue weighted by Crippen LogP contribution is -2.35. The average molecular weight is 210 g/mol. The zero-order valence-corrected chi connectivity index (χ0v) is 9.15. The second-order valence-corrected chi connectivity index (χ2v) is 3.96. The Kier molecular flexibility index (Phi) is 3.33. The summed E-state index contributed by atoms with van der Waals surface area (Å²) in [7, 11) is 0. The number of nitrogens with zero attached hydrogens (tertiary/aromatic N) is 3. The van der Waals surface area contributed by atoms with Gasteiger partial charge in [0.05, 0.1) is 6.54 Å². The monoisotopic (exact) mass is 210 g/mol. The first-order valence-corrected chi connectivity index (χ1v) is 5.59. The SMILES string of the molecule is CCc1nc(CN2CCCC2CN)no1. The van der Waals surface area contributed by atoms with E-state index in [4.69, 9.17) is 10.3 Å². The Bertz CT molecular complexity index is 312. The van der Waals surface area contributed by atoms with Crippen molar-refractivity contribution in [2.45, 2.75) is 38.8 Å². The normalized spacial score (nSPS) is 22.4. The van der Waals surface area contributed by atoms with Crippen molar-refractivity contribution in [2.24, 2.45) is 5.73 Å². The first-order chi connectivity index (χ1) is 7.33. The molecule has 0 radical (unpaired) electrons. The molecular weight excluding hydrogens is 192 g/mol. The first-order valence-electron chi connectivity index (χ1n) is 5.59. The number of nitrogens with two attached hydrogens (primary N) is 1. The highest BCUT2D eigenvalue weighted by atomic mass is 16.5. The molecule has 1 aromatic heterocycles. The summed E-state index contributed by atoms with van der Waals surface area (Å²) in [5.41, 5.74) is 5.70. The Labute approximate surface area is 89.6 Å². The summed E-state index contributed by atoms with van der Waals surface area (Å²) < 4.78 is 5.07. The molecule has 1 unspecified atom stereocenters. The van der Waals surface area contributed by atoms with Crippen LogP contribution in [0, 0.1) is 0 Å². The Balaban J connectivity index is 1.95. The lowest BCUT2D eigenvalue weighted by atomic mass is 10.2. The van der Waals surface area contributed by atoms with E-state index in [1.54, 1.807) is 0 Å². The largest absolute Gasteiger partial charge is 0.339 e. The third kappa shape index (κ3) is 2.35. The fraction of sp³-hybridized carbons (Fsp3) is 0.800. The highest BCUT2D eigenvalue weighted by Gasteiger charge is 2.24. The average Bonchev–Trinajstić information content (AvgIpc) is 2.87. The van der Waals surface area contributed by atoms with Crippen molar-refractivity contribution in [2.75, 3.05) is 13.1 Å². The van der Waals surface area contributed by atoms with E-state index in [-0.39, 0.29) is 0 Å². The van der Waals surface area contributed by atoms with Gasteiger partial charge in [-0.15, -0.1) is 0 Å². The smallest absolute Gasteiger partial charge is 0.226 e. The van der Waals surface area contributed by atoms with Crippen LogP contribution in [0.1, 0.15) is 31.5 Å². The topological polar surface area (TPSA) is 68.2 Å². The Morgan fingerprint density at radius 2 is 2.47 bits per heavy atom. The van der Waals surface area contributed by atoms with Crippen LogP contribution in [0.5, 0.6) is 0 Å². The van der Waals surface area contributed by atoms with Gasteiger partial charge < -0.3 is 10.3 Å². The fourth-order valence-electron chi connectivity index (χ4n) is 2.05. The van der Waals surface area contributed by atoms with E-state index in [2.05, 4.69) is 15.0 Å². The number of hydrogen-bond acceptors (Lipinski definition) is 5. The van der Waals surface area contributed by atoms with E-state index in [1.807, 2.05) is 6.92 Å². The second kappa shape index (κ2) is 4.72. The summed E-state index contributed by atoms with van der Waals surface area (Å²) in [5, 5.41) is 3.95. The summed E-state index contributed by atoms with van der Waals surface area (Å²) in [6, 6.07) is 0.494. The summed E-state index contributed by atoms with van der Waals surface area (Å²) in [5.74, 6) is 1.50. The first kappa shape index (κ1) is 10.6. The van der Waals surface area contributed by atoms with Crippen LogP contribution >= 0.6 is 0 Å². The minimum Gasteiger partial charge on any atom is -0.339 e. The van der Waals surface area contributed by atoms with Gasteiger partial charge in [-0.25, -0.2) is 0 Å². The van der Waals surface area contributed by atoms with Crippen LogP contribution < -0.4 is 5.73 Å². The molecule has 15 heavy (non-hydrogen) atoms. The van der Waals surface area contributed by atoms with Gasteiger partial charge in [0, 0.05) is 19.0 Å². The number of hydrogen-bond donors (Lipinski definition) is 1. The molecule has 2 heterocycles. The van der Waals surface area contributed by atoms with Gasteiger partial charge in [0.25, 0.3) is 0 Å². The molecule has 5 nitrogen and oxygen atoms in total. The third-order valence-electron chi connectivity index (χ3n) is 2.93. The predicted octanol–water partition coefficient (Wildman–Crippen LogP) is 0.555. The quantitative estimate of drug-likeness (QED) is 0.786. The molecular formula is C10H18N4O. The maximum Gasteiger partial charge on any atom is 0.226 e. The van der Waals surface area contributed by atoms with Gasteiger partial charge in [0.15, 0.2) is 5.82 Å². The lowest BCUT2D eigenvalue weighted by Gasteiger charge is -2.20. The Hall–Kier alpha value is -0.940. The highest BCUT2D eigenvalue weighted by molar-refractivity contribution is 4.89. The van der Waals surface area contributed by atoms with Gasteiger partial charge in [0.2, 0.25) is 5.89 Å². The Morgan fingerprint density at radius 1 is 1.60 bits per heavy atom. The third-order valence-corrected chi connectivity index (χ3v) is 2.93. The lowest BCUT2D eigenvalue weighted by molar-refractivity contribution is 0.240. The van der Waals surface area contributed by atoms with Crippen LogP contribution in [0.25, 0.3) is 0 Å². The van der Waals surface area contributed by atoms with Crippen LogP contribution in [0.15, 0.2) is 4.52 Å². The van der Waals surface area contributed by atoms with Crippen molar-refractivity contribution in [3.63, 3.8) is 0 Å². The molecule has 1 aliphatic heterocycles. The van der Waals surface area contributed by atoms with Gasteiger partial charge in [-0.05, 0) is 19.4 Å². The summed E-state index contributed by atoms with van der Waals surface area (Å²) in [4.78, 5) is 6.64. The molecule has 0 saturated carbocycles. The van der Waals surface area contributed by atoms with Crippen LogP contribution in [-0.2, 0) is 13.0 Å². The predicted molar refractivity (Wildman–Crippen MR) is 56.2 cm³/mol. The van der Waals surface area contributed by atoms with Gasteiger partial charge >= 0.3 is 0 Å². The number of aryl methyl sites for hydroxylation is 1. The van der Waals surface area contributed by atoms with E-state index in [1.165, 1.54) is 12.8 Å². The molecule has 1 aromatic rings. The maximum absolute atomic E-state index is 5.70. The maximum atomic E-state index is 5.70. The van der Waals surface area contributed by atoms with E-state index < -0.39 is 0 Å². The minimum atomic E-state index is 0.494. The molecule has 84 valence electrons. The second-order valence-electron chi connectivity index (χ2n) is 3.96. The van der Waals surface area contributed by atoms with Crippen LogP contribution in [0.4, 0.5) is 0 Å². The van der Waals surface area contributed by atoms with Crippen molar-refractivity contribution < 1.29 is 4.52 Å². The zero-order chi connectivity index (χ0) is 10.7. The zero-order valence-electron chi connectivity index (χ0n) is 9.15. The highest BCUT2D eigenvalue weighted by Crippen LogP contribution is 2.18. The van der Waals surface area contributed by atoms with E-state index in [0.29, 0.717) is 11.9 Å². The molecule has 1 saturated heterocycles. The van der Waals surface area contributed by atoms with E-state index in [9.17, 15) is 0 Å². The molecule has 1 fully saturated rings. The van der Waals surface area contributed by atoms with Crippen molar-refractivity contribution in [3.8, 4) is 0 Å². The fourth-order valence-corrected chi connectivity index (χ4v) is 2.05. The Morgan fingerprint density at radius 3 is 3.13 bits per heavy atom. The van der Waals surface area contributed by atoms with Gasteiger partial charge in [0.1, 0.15) is 0 Å². The van der Waals surface area contributed by atoms with Gasteiger partial charge in [-0.3, -0.25) is 4.90 Å². The molecule has 0 aliphatic carbocycles. The van der Waals surface area contributed by atoms with E-state index in [0.717, 1.165) is 31.9 Å².